The van der Waals surface area contributed by atoms with E-state index in [1.165, 1.54) is 6.92 Å². The Kier molecular flexibility index (Phi) is 5.66. The molecule has 0 aromatic rings. The molecule has 0 heterocycles. The van der Waals surface area contributed by atoms with E-state index < -0.39 is 34.8 Å². The fraction of sp³-hybridized carbons (Fsp3) is 0.652. The van der Waals surface area contributed by atoms with Crippen molar-refractivity contribution in [1.82, 2.24) is 0 Å². The van der Waals surface area contributed by atoms with Gasteiger partial charge in [0.05, 0.1) is 0 Å². The third-order valence-corrected chi connectivity index (χ3v) is 8.28. The Balaban J connectivity index is 0.00000256. The highest BCUT2D eigenvalue weighted by Crippen LogP contribution is 2.66. The van der Waals surface area contributed by atoms with Gasteiger partial charge in [0.15, 0.2) is 12.4 Å². The van der Waals surface area contributed by atoms with Gasteiger partial charge in [-0.25, -0.2) is 0 Å². The molecule has 1 N–H and O–H groups in total. The molecule has 0 spiro atoms. The number of halogens is 1. The Labute approximate surface area is 182 Å². The van der Waals surface area contributed by atoms with E-state index in [9.17, 15) is 24.3 Å². The van der Waals surface area contributed by atoms with Gasteiger partial charge in [0, 0.05) is 30.1 Å². The first-order valence-corrected chi connectivity index (χ1v) is 10.4. The van der Waals surface area contributed by atoms with E-state index in [1.54, 1.807) is 12.2 Å². The van der Waals surface area contributed by atoms with Gasteiger partial charge in [-0.15, -0.1) is 12.4 Å². The van der Waals surface area contributed by atoms with Crippen LogP contribution in [0.25, 0.3) is 0 Å². The highest BCUT2D eigenvalue weighted by Gasteiger charge is 2.68. The zero-order chi connectivity index (χ0) is 21.2. The summed E-state index contributed by atoms with van der Waals surface area (Å²) in [5, 5.41) is 11.4. The van der Waals surface area contributed by atoms with Crippen molar-refractivity contribution < 1.29 is 29.0 Å². The molecule has 0 radical (unpaired) electrons. The number of fused-ring (bicyclic) bond motifs is 5. The second-order valence-corrected chi connectivity index (χ2v) is 9.64. The Morgan fingerprint density at radius 3 is 2.60 bits per heavy atom. The average Bonchev–Trinajstić information content (AvgIpc) is 2.91. The molecule has 0 aliphatic heterocycles. The second-order valence-electron chi connectivity index (χ2n) is 9.64. The van der Waals surface area contributed by atoms with E-state index in [0.717, 1.165) is 18.4 Å². The molecule has 6 atom stereocenters. The van der Waals surface area contributed by atoms with Crippen LogP contribution in [0.4, 0.5) is 0 Å². The molecule has 0 amide bonds. The van der Waals surface area contributed by atoms with Crippen LogP contribution in [0.1, 0.15) is 52.9 Å². The normalized spacial score (nSPS) is 41.7. The van der Waals surface area contributed by atoms with E-state index in [4.69, 9.17) is 4.74 Å². The van der Waals surface area contributed by atoms with Crippen LogP contribution in [0.15, 0.2) is 23.8 Å². The number of hydrogen-bond donors (Lipinski definition) is 1. The van der Waals surface area contributed by atoms with Gasteiger partial charge in [-0.1, -0.05) is 25.5 Å². The van der Waals surface area contributed by atoms with Gasteiger partial charge in [-0.05, 0) is 49.7 Å². The van der Waals surface area contributed by atoms with Gasteiger partial charge in [-0.2, -0.15) is 0 Å². The Morgan fingerprint density at radius 2 is 1.93 bits per heavy atom. The molecule has 3 fully saturated rings. The lowest BCUT2D eigenvalue weighted by atomic mass is 9.46. The van der Waals surface area contributed by atoms with Crippen molar-refractivity contribution in [2.24, 2.45) is 28.6 Å². The summed E-state index contributed by atoms with van der Waals surface area (Å²) >= 11 is 0. The van der Waals surface area contributed by atoms with Crippen molar-refractivity contribution in [1.29, 1.82) is 0 Å². The van der Waals surface area contributed by atoms with Gasteiger partial charge >= 0.3 is 5.97 Å². The smallest absolute Gasteiger partial charge is 0.303 e. The summed E-state index contributed by atoms with van der Waals surface area (Å²) in [6.07, 6.45) is 7.68. The highest BCUT2D eigenvalue weighted by molar-refractivity contribution is 6.02. The van der Waals surface area contributed by atoms with Crippen molar-refractivity contribution in [2.75, 3.05) is 6.61 Å². The Morgan fingerprint density at radius 1 is 1.23 bits per heavy atom. The first-order chi connectivity index (χ1) is 13.5. The maximum Gasteiger partial charge on any atom is 0.303 e. The van der Waals surface area contributed by atoms with E-state index >= 15 is 0 Å². The number of rotatable bonds is 3. The summed E-state index contributed by atoms with van der Waals surface area (Å²) in [5.74, 6) is -1.24. The molecular weight excluding hydrogens is 408 g/mol. The first kappa shape index (κ1) is 22.9. The maximum absolute atomic E-state index is 13.4. The zero-order valence-electron chi connectivity index (χ0n) is 17.6. The summed E-state index contributed by atoms with van der Waals surface area (Å²) in [6, 6.07) is 0. The number of esters is 1. The maximum atomic E-state index is 13.4. The molecule has 0 saturated heterocycles. The summed E-state index contributed by atoms with van der Waals surface area (Å²) in [4.78, 5) is 49.2. The highest BCUT2D eigenvalue weighted by atomic mass is 35.5. The Hall–Kier alpha value is -1.79. The molecule has 4 aliphatic rings. The van der Waals surface area contributed by atoms with Gasteiger partial charge in [0.25, 0.3) is 0 Å². The van der Waals surface area contributed by atoms with Gasteiger partial charge in [0.1, 0.15) is 11.4 Å². The largest absolute Gasteiger partial charge is 0.458 e. The lowest BCUT2D eigenvalue weighted by molar-refractivity contribution is -0.172. The quantitative estimate of drug-likeness (QED) is 0.683. The molecule has 30 heavy (non-hydrogen) atoms. The van der Waals surface area contributed by atoms with E-state index in [1.807, 2.05) is 19.9 Å². The number of ether oxygens (including phenoxy) is 1. The number of hydrogen-bond acceptors (Lipinski definition) is 6. The topological polar surface area (TPSA) is 97.7 Å². The Bertz CT molecular complexity index is 875. The summed E-state index contributed by atoms with van der Waals surface area (Å²) in [7, 11) is 0. The van der Waals surface area contributed by atoms with E-state index in [-0.39, 0.29) is 54.6 Å². The molecular formula is C23H29ClO6. The third kappa shape index (κ3) is 3.02. The van der Waals surface area contributed by atoms with Crippen LogP contribution in [-0.2, 0) is 23.9 Å². The van der Waals surface area contributed by atoms with Crippen LogP contribution in [0.2, 0.25) is 0 Å². The third-order valence-electron chi connectivity index (χ3n) is 8.28. The number of carbonyl (C=O) groups is 4. The number of allylic oxidation sites excluding steroid dienone is 4. The number of aliphatic hydroxyl groups is 1. The SMILES string of the molecule is CC(=O)OCC(=O)[C@@]1(O)CCC2C3CCC4=CC(=O)C=CC4(C)C3C(=O)CC21C.Cl. The van der Waals surface area contributed by atoms with Crippen LogP contribution in [0, 0.1) is 28.6 Å². The zero-order valence-corrected chi connectivity index (χ0v) is 18.4. The molecule has 5 unspecified atom stereocenters. The van der Waals surface area contributed by atoms with Crippen LogP contribution in [0.5, 0.6) is 0 Å². The molecule has 4 aliphatic carbocycles. The number of ketones is 3. The standard InChI is InChI=1S/C23H28O6.ClH/c1-13(24)29-12-19(27)23(28)9-7-17-16-5-4-14-10-15(25)6-8-21(14,2)20(16)18(26)11-22(17,23)3;/h6,8,10,16-17,20,28H,4-5,7,9,11-12H2,1-3H3;1H/t16?,17?,20?,21?,22?,23-;/m0./s1. The van der Waals surface area contributed by atoms with Crippen LogP contribution in [-0.4, -0.2) is 40.6 Å². The van der Waals surface area contributed by atoms with Gasteiger partial charge < -0.3 is 9.84 Å². The summed E-state index contributed by atoms with van der Waals surface area (Å²) in [5.41, 5.74) is -1.99. The van der Waals surface area contributed by atoms with Crippen molar-refractivity contribution >= 4 is 35.7 Å². The minimum Gasteiger partial charge on any atom is -0.458 e. The molecule has 0 bridgehead atoms. The fourth-order valence-corrected chi connectivity index (χ4v) is 6.78. The molecule has 3 saturated carbocycles. The van der Waals surface area contributed by atoms with Crippen molar-refractivity contribution in [3.05, 3.63) is 23.8 Å². The molecule has 4 rings (SSSR count). The lowest BCUT2D eigenvalue weighted by Crippen LogP contribution is -2.60. The number of carbonyl (C=O) groups excluding carboxylic acids is 4. The van der Waals surface area contributed by atoms with Crippen molar-refractivity contribution in [3.63, 3.8) is 0 Å². The van der Waals surface area contributed by atoms with Gasteiger partial charge in [0.2, 0.25) is 5.78 Å². The van der Waals surface area contributed by atoms with Crippen molar-refractivity contribution in [3.8, 4) is 0 Å². The fourth-order valence-electron chi connectivity index (χ4n) is 6.78. The average molecular weight is 437 g/mol. The van der Waals surface area contributed by atoms with Crippen LogP contribution in [0.3, 0.4) is 0 Å². The first-order valence-electron chi connectivity index (χ1n) is 10.4. The molecule has 0 aromatic heterocycles. The number of Topliss-reactive ketones (excluding diaryl/α,β-unsaturated/α-hetero) is 2. The predicted molar refractivity (Wildman–Crippen MR) is 111 cm³/mol. The molecule has 164 valence electrons. The molecule has 7 heteroatoms. The van der Waals surface area contributed by atoms with Crippen molar-refractivity contribution in [2.45, 2.75) is 58.5 Å². The van der Waals surface area contributed by atoms with E-state index in [2.05, 4.69) is 0 Å². The summed E-state index contributed by atoms with van der Waals surface area (Å²) < 4.78 is 4.85. The second kappa shape index (κ2) is 7.41. The molecule has 6 nitrogen and oxygen atoms in total. The predicted octanol–water partition coefficient (Wildman–Crippen LogP) is 2.76. The minimum absolute atomic E-state index is 0. The van der Waals surface area contributed by atoms with E-state index in [0.29, 0.717) is 6.42 Å². The lowest BCUT2D eigenvalue weighted by Gasteiger charge is -2.56. The summed E-state index contributed by atoms with van der Waals surface area (Å²) in [6.45, 7) is 4.64. The molecule has 0 aromatic carbocycles. The van der Waals surface area contributed by atoms with Gasteiger partial charge in [-0.3, -0.25) is 19.2 Å². The van der Waals surface area contributed by atoms with Crippen LogP contribution >= 0.6 is 12.4 Å². The minimum atomic E-state index is -1.66. The van der Waals surface area contributed by atoms with Crippen LogP contribution < -0.4 is 0 Å². The monoisotopic (exact) mass is 436 g/mol.